The van der Waals surface area contributed by atoms with Crippen molar-refractivity contribution >= 4 is 23.6 Å². The Morgan fingerprint density at radius 1 is 0.900 bits per heavy atom. The third-order valence-corrected chi connectivity index (χ3v) is 9.60. The van der Waals surface area contributed by atoms with Crippen molar-refractivity contribution in [2.75, 3.05) is 51.8 Å². The van der Waals surface area contributed by atoms with E-state index < -0.39 is 12.1 Å². The van der Waals surface area contributed by atoms with Gasteiger partial charge in [-0.25, -0.2) is 4.79 Å². The van der Waals surface area contributed by atoms with Gasteiger partial charge in [-0.05, 0) is 62.1 Å². The summed E-state index contributed by atoms with van der Waals surface area (Å²) in [6.07, 6.45) is 0.167. The van der Waals surface area contributed by atoms with Gasteiger partial charge in [0, 0.05) is 45.7 Å². The van der Waals surface area contributed by atoms with Crippen molar-refractivity contribution in [3.8, 4) is 17.2 Å². The third kappa shape index (κ3) is 6.88. The molecule has 12 nitrogen and oxygen atoms in total. The van der Waals surface area contributed by atoms with Crippen LogP contribution < -0.4 is 24.4 Å². The summed E-state index contributed by atoms with van der Waals surface area (Å²) in [5, 5.41) is 6.56. The number of aryl methyl sites for hydroxylation is 2. The minimum atomic E-state index is -0.648. The standard InChI is InChI=1S/C38H43N5O7/c1-24-35(26(3)50-40-24)49-38(46)39-18-10-15-30(28-16-17-32(47-4)33(23-28)48-5)43-36(44)29-13-9-14-31(34(29)37(43)45)42-21-19-41(20-22-42)25(2)27-11-7-6-8-12-27/h6-9,11-14,16-17,23,25,30H,10,15,18-22H2,1-5H3,(H,39,46)/t25-,30-/m1/s1. The lowest BCUT2D eigenvalue weighted by Crippen LogP contribution is -2.47. The van der Waals surface area contributed by atoms with Crippen LogP contribution in [0.4, 0.5) is 10.5 Å². The molecule has 1 aromatic heterocycles. The molecule has 2 atom stereocenters. The number of piperazine rings is 1. The second-order valence-corrected chi connectivity index (χ2v) is 12.5. The van der Waals surface area contributed by atoms with E-state index in [-0.39, 0.29) is 30.2 Å². The lowest BCUT2D eigenvalue weighted by atomic mass is 9.99. The maximum absolute atomic E-state index is 14.4. The van der Waals surface area contributed by atoms with Gasteiger partial charge in [-0.15, -0.1) is 0 Å². The SMILES string of the molecule is COc1ccc([C@@H](CCCNC(=O)Oc2c(C)noc2C)N2C(=O)c3cccc(N4CCN([C@H](C)c5ccccc5)CC4)c3C2=O)cc1OC. The number of carbonyl (C=O) groups excluding carboxylic acids is 3. The fourth-order valence-corrected chi connectivity index (χ4v) is 6.86. The highest BCUT2D eigenvalue weighted by atomic mass is 16.6. The van der Waals surface area contributed by atoms with E-state index in [0.717, 1.165) is 31.9 Å². The van der Waals surface area contributed by atoms with Gasteiger partial charge in [-0.1, -0.05) is 47.6 Å². The monoisotopic (exact) mass is 681 g/mol. The number of carbonyl (C=O) groups is 3. The first-order chi connectivity index (χ1) is 24.2. The molecule has 3 heterocycles. The molecule has 262 valence electrons. The van der Waals surface area contributed by atoms with Gasteiger partial charge in [-0.3, -0.25) is 19.4 Å². The molecule has 1 saturated heterocycles. The molecule has 50 heavy (non-hydrogen) atoms. The van der Waals surface area contributed by atoms with Crippen LogP contribution in [0.25, 0.3) is 0 Å². The molecular weight excluding hydrogens is 638 g/mol. The number of imide groups is 1. The summed E-state index contributed by atoms with van der Waals surface area (Å²) in [6, 6.07) is 21.0. The first-order valence-electron chi connectivity index (χ1n) is 16.9. The van der Waals surface area contributed by atoms with Crippen molar-refractivity contribution in [2.45, 2.75) is 45.7 Å². The first-order valence-corrected chi connectivity index (χ1v) is 16.9. The second kappa shape index (κ2) is 15.0. The number of anilines is 1. The molecule has 0 aliphatic carbocycles. The zero-order chi connectivity index (χ0) is 35.4. The van der Waals surface area contributed by atoms with Crippen molar-refractivity contribution in [3.63, 3.8) is 0 Å². The fourth-order valence-electron chi connectivity index (χ4n) is 6.86. The van der Waals surface area contributed by atoms with E-state index in [1.165, 1.54) is 10.5 Å². The average molecular weight is 682 g/mol. The zero-order valence-electron chi connectivity index (χ0n) is 29.1. The zero-order valence-corrected chi connectivity index (χ0v) is 29.1. The maximum atomic E-state index is 14.4. The predicted octanol–water partition coefficient (Wildman–Crippen LogP) is 6.10. The maximum Gasteiger partial charge on any atom is 0.412 e. The van der Waals surface area contributed by atoms with Crippen molar-refractivity contribution in [1.29, 1.82) is 0 Å². The van der Waals surface area contributed by atoms with E-state index in [1.807, 2.05) is 24.3 Å². The van der Waals surface area contributed by atoms with Crippen LogP contribution in [0.5, 0.6) is 17.2 Å². The highest BCUT2D eigenvalue weighted by Crippen LogP contribution is 2.40. The molecule has 2 aliphatic rings. The summed E-state index contributed by atoms with van der Waals surface area (Å²) in [7, 11) is 3.09. The van der Waals surface area contributed by atoms with Crippen molar-refractivity contribution < 1.29 is 33.1 Å². The Morgan fingerprint density at radius 3 is 2.32 bits per heavy atom. The summed E-state index contributed by atoms with van der Waals surface area (Å²) in [5.41, 5.74) is 4.03. The van der Waals surface area contributed by atoms with E-state index in [9.17, 15) is 14.4 Å². The van der Waals surface area contributed by atoms with Gasteiger partial charge in [0.25, 0.3) is 11.8 Å². The van der Waals surface area contributed by atoms with Gasteiger partial charge in [0.2, 0.25) is 0 Å². The van der Waals surface area contributed by atoms with Crippen molar-refractivity contribution in [1.82, 2.24) is 20.3 Å². The number of benzene rings is 3. The molecule has 0 radical (unpaired) electrons. The van der Waals surface area contributed by atoms with Crippen LogP contribution in [-0.4, -0.2) is 79.8 Å². The van der Waals surface area contributed by atoms with E-state index in [1.54, 1.807) is 46.3 Å². The average Bonchev–Trinajstić information content (AvgIpc) is 3.60. The number of methoxy groups -OCH3 is 2. The predicted molar refractivity (Wildman–Crippen MR) is 187 cm³/mol. The Balaban J connectivity index is 1.20. The van der Waals surface area contributed by atoms with Gasteiger partial charge in [-0.2, -0.15) is 0 Å². The summed E-state index contributed by atoms with van der Waals surface area (Å²) in [6.45, 7) is 8.91. The van der Waals surface area contributed by atoms with Gasteiger partial charge in [0.05, 0.1) is 37.1 Å². The number of aromatic nitrogens is 1. The van der Waals surface area contributed by atoms with E-state index in [0.29, 0.717) is 52.5 Å². The molecule has 4 aromatic rings. The summed E-state index contributed by atoms with van der Waals surface area (Å²) in [4.78, 5) is 47.1. The number of nitrogens with one attached hydrogen (secondary N) is 1. The van der Waals surface area contributed by atoms with E-state index >= 15 is 0 Å². The first kappa shape index (κ1) is 34.5. The minimum absolute atomic E-state index is 0.242. The van der Waals surface area contributed by atoms with E-state index in [4.69, 9.17) is 18.7 Å². The highest BCUT2D eigenvalue weighted by Gasteiger charge is 2.43. The molecule has 12 heteroatoms. The Kier molecular flexibility index (Phi) is 10.4. The molecule has 2 aliphatic heterocycles. The van der Waals surface area contributed by atoms with Crippen LogP contribution in [-0.2, 0) is 0 Å². The van der Waals surface area contributed by atoms with Crippen LogP contribution in [0, 0.1) is 13.8 Å². The minimum Gasteiger partial charge on any atom is -0.493 e. The largest absolute Gasteiger partial charge is 0.493 e. The molecule has 0 bridgehead atoms. The molecule has 0 saturated carbocycles. The highest BCUT2D eigenvalue weighted by molar-refractivity contribution is 6.24. The third-order valence-electron chi connectivity index (χ3n) is 9.60. The lowest BCUT2D eigenvalue weighted by Gasteiger charge is -2.39. The van der Waals surface area contributed by atoms with Crippen molar-refractivity contribution in [3.05, 3.63) is 100 Å². The van der Waals surface area contributed by atoms with Crippen LogP contribution in [0.2, 0.25) is 0 Å². The van der Waals surface area contributed by atoms with Crippen LogP contribution in [0.3, 0.4) is 0 Å². The number of amides is 3. The number of hydrogen-bond acceptors (Lipinski definition) is 10. The second-order valence-electron chi connectivity index (χ2n) is 12.5. The number of fused-ring (bicyclic) bond motifs is 1. The number of ether oxygens (including phenoxy) is 3. The quantitative estimate of drug-likeness (QED) is 0.139. The molecule has 0 unspecified atom stereocenters. The molecule has 0 spiro atoms. The lowest BCUT2D eigenvalue weighted by molar-refractivity contribution is 0.0571. The number of hydrogen-bond donors (Lipinski definition) is 1. The number of rotatable bonds is 12. The normalized spacial score (nSPS) is 15.9. The van der Waals surface area contributed by atoms with Gasteiger partial charge < -0.3 is 29.0 Å². The summed E-state index contributed by atoms with van der Waals surface area (Å²) < 4.78 is 21.5. The summed E-state index contributed by atoms with van der Waals surface area (Å²) >= 11 is 0. The van der Waals surface area contributed by atoms with Crippen LogP contribution in [0.15, 0.2) is 71.3 Å². The molecule has 1 fully saturated rings. The van der Waals surface area contributed by atoms with Crippen LogP contribution >= 0.6 is 0 Å². The fraction of sp³-hybridized carbons (Fsp3) is 0.368. The number of nitrogens with zero attached hydrogens (tertiary/aromatic N) is 4. The van der Waals surface area contributed by atoms with Gasteiger partial charge in [0.1, 0.15) is 5.69 Å². The van der Waals surface area contributed by atoms with E-state index in [2.05, 4.69) is 51.5 Å². The Morgan fingerprint density at radius 2 is 1.64 bits per heavy atom. The van der Waals surface area contributed by atoms with Gasteiger partial charge >= 0.3 is 6.09 Å². The Hall–Kier alpha value is -5.36. The van der Waals surface area contributed by atoms with Crippen LogP contribution in [0.1, 0.15) is 75.1 Å². The molecular formula is C38H43N5O7. The molecule has 3 amide bonds. The molecule has 3 aromatic carbocycles. The molecule has 6 rings (SSSR count). The van der Waals surface area contributed by atoms with Gasteiger partial charge in [0.15, 0.2) is 23.0 Å². The Labute approximate surface area is 291 Å². The summed E-state index contributed by atoms with van der Waals surface area (Å²) in [5.74, 6) is 1.000. The molecule has 1 N–H and O–H groups in total. The topological polar surface area (TPSA) is 127 Å². The van der Waals surface area contributed by atoms with Crippen molar-refractivity contribution in [2.24, 2.45) is 0 Å². The smallest absolute Gasteiger partial charge is 0.412 e. The Bertz CT molecular complexity index is 1830.